The average molecular weight is 278 g/mol. The third-order valence-corrected chi connectivity index (χ3v) is 2.30. The highest BCUT2D eigenvalue weighted by atomic mass is 32.2. The van der Waals surface area contributed by atoms with Crippen LogP contribution < -0.4 is 10.0 Å². The number of halogens is 3. The molecule has 0 saturated heterocycles. The molecule has 0 amide bonds. The van der Waals surface area contributed by atoms with Gasteiger partial charge in [-0.05, 0) is 13.0 Å². The van der Waals surface area contributed by atoms with Crippen LogP contribution in [0.3, 0.4) is 0 Å². The Morgan fingerprint density at radius 1 is 1.18 bits per heavy atom. The third-order valence-electron chi connectivity index (χ3n) is 1.57. The van der Waals surface area contributed by atoms with E-state index >= 15 is 0 Å². The van der Waals surface area contributed by atoms with Crippen LogP contribution in [0.1, 0.15) is 6.42 Å². The summed E-state index contributed by atoms with van der Waals surface area (Å²) in [6.45, 7) is -0.0630. The smallest absolute Gasteiger partial charge is 0.372 e. The van der Waals surface area contributed by atoms with E-state index in [2.05, 4.69) is 14.8 Å². The Bertz CT molecular complexity index is 293. The van der Waals surface area contributed by atoms with Gasteiger partial charge in [-0.1, -0.05) is 0 Å². The zero-order valence-electron chi connectivity index (χ0n) is 9.51. The second-order valence-corrected chi connectivity index (χ2v) is 5.27. The van der Waals surface area contributed by atoms with Gasteiger partial charge in [0, 0.05) is 19.7 Å². The largest absolute Gasteiger partial charge is 0.411 e. The van der Waals surface area contributed by atoms with Crippen molar-refractivity contribution in [3.8, 4) is 0 Å². The normalized spacial score (nSPS) is 12.9. The van der Waals surface area contributed by atoms with Crippen LogP contribution in [0.2, 0.25) is 0 Å². The lowest BCUT2D eigenvalue weighted by Gasteiger charge is -2.08. The van der Waals surface area contributed by atoms with Crippen LogP contribution in [-0.2, 0) is 14.8 Å². The second kappa shape index (κ2) is 7.85. The summed E-state index contributed by atoms with van der Waals surface area (Å²) in [5, 5.41) is 2.87. The first-order valence-electron chi connectivity index (χ1n) is 5.00. The van der Waals surface area contributed by atoms with Gasteiger partial charge >= 0.3 is 6.18 Å². The average Bonchev–Trinajstić information content (AvgIpc) is 2.11. The molecule has 0 aromatic carbocycles. The first-order chi connectivity index (χ1) is 7.71. The van der Waals surface area contributed by atoms with E-state index in [0.717, 1.165) is 6.26 Å². The lowest BCUT2D eigenvalue weighted by Crippen LogP contribution is -2.31. The van der Waals surface area contributed by atoms with Crippen LogP contribution >= 0.6 is 0 Å². The Morgan fingerprint density at radius 3 is 2.35 bits per heavy atom. The molecular formula is C8H17F3N2O3S. The maximum absolute atomic E-state index is 11.6. The van der Waals surface area contributed by atoms with Crippen LogP contribution in [0.4, 0.5) is 13.2 Å². The summed E-state index contributed by atoms with van der Waals surface area (Å²) in [6.07, 6.45) is -2.79. The van der Waals surface area contributed by atoms with Gasteiger partial charge in [0.2, 0.25) is 10.0 Å². The van der Waals surface area contributed by atoms with E-state index in [1.807, 2.05) is 0 Å². The molecule has 0 aliphatic carbocycles. The minimum atomic E-state index is -4.28. The van der Waals surface area contributed by atoms with Crippen molar-refractivity contribution in [2.45, 2.75) is 12.6 Å². The van der Waals surface area contributed by atoms with E-state index in [0.29, 0.717) is 19.5 Å². The predicted octanol–water partition coefficient (Wildman–Crippen LogP) is 0.0942. The molecule has 0 unspecified atom stereocenters. The predicted molar refractivity (Wildman–Crippen MR) is 57.2 cm³/mol. The van der Waals surface area contributed by atoms with Crippen molar-refractivity contribution in [3.63, 3.8) is 0 Å². The summed E-state index contributed by atoms with van der Waals surface area (Å²) in [4.78, 5) is 0. The van der Waals surface area contributed by atoms with E-state index in [1.54, 1.807) is 0 Å². The fraction of sp³-hybridized carbons (Fsp3) is 1.00. The molecule has 0 aromatic rings. The molecular weight excluding hydrogens is 261 g/mol. The van der Waals surface area contributed by atoms with Gasteiger partial charge in [0.25, 0.3) is 0 Å². The van der Waals surface area contributed by atoms with E-state index in [9.17, 15) is 21.6 Å². The highest BCUT2D eigenvalue weighted by molar-refractivity contribution is 7.88. The summed E-state index contributed by atoms with van der Waals surface area (Å²) >= 11 is 0. The SMILES string of the molecule is CS(=O)(=O)NCCNCCCOCC(F)(F)F. The lowest BCUT2D eigenvalue weighted by molar-refractivity contribution is -0.173. The number of rotatable bonds is 9. The van der Waals surface area contributed by atoms with Gasteiger partial charge in [-0.25, -0.2) is 13.1 Å². The molecule has 0 bridgehead atoms. The fourth-order valence-electron chi connectivity index (χ4n) is 0.937. The molecule has 0 fully saturated rings. The van der Waals surface area contributed by atoms with E-state index in [1.165, 1.54) is 0 Å². The van der Waals surface area contributed by atoms with Gasteiger partial charge in [-0.2, -0.15) is 13.2 Å². The van der Waals surface area contributed by atoms with Crippen molar-refractivity contribution in [3.05, 3.63) is 0 Å². The first kappa shape index (κ1) is 16.6. The van der Waals surface area contributed by atoms with Gasteiger partial charge in [0.1, 0.15) is 6.61 Å². The molecule has 0 spiro atoms. The summed E-state index contributed by atoms with van der Waals surface area (Å²) in [5.74, 6) is 0. The fourth-order valence-corrected chi connectivity index (χ4v) is 1.41. The van der Waals surface area contributed by atoms with Crippen LogP contribution in [0.15, 0.2) is 0 Å². The van der Waals surface area contributed by atoms with Crippen LogP contribution in [0, 0.1) is 0 Å². The molecule has 0 aromatic heterocycles. The van der Waals surface area contributed by atoms with Crippen molar-refractivity contribution >= 4 is 10.0 Å². The summed E-state index contributed by atoms with van der Waals surface area (Å²) < 4.78 is 62.8. The molecule has 2 N–H and O–H groups in total. The Morgan fingerprint density at radius 2 is 1.82 bits per heavy atom. The maximum atomic E-state index is 11.6. The van der Waals surface area contributed by atoms with E-state index in [-0.39, 0.29) is 13.2 Å². The molecule has 5 nitrogen and oxygen atoms in total. The molecule has 0 radical (unpaired) electrons. The van der Waals surface area contributed by atoms with E-state index < -0.39 is 22.8 Å². The van der Waals surface area contributed by atoms with Crippen molar-refractivity contribution in [1.29, 1.82) is 0 Å². The molecule has 0 heterocycles. The van der Waals surface area contributed by atoms with Gasteiger partial charge in [-0.15, -0.1) is 0 Å². The number of sulfonamides is 1. The molecule has 9 heteroatoms. The second-order valence-electron chi connectivity index (χ2n) is 3.44. The van der Waals surface area contributed by atoms with Crippen molar-refractivity contribution in [2.24, 2.45) is 0 Å². The summed E-state index contributed by atoms with van der Waals surface area (Å²) in [6, 6.07) is 0. The van der Waals surface area contributed by atoms with Crippen molar-refractivity contribution in [1.82, 2.24) is 10.0 Å². The number of alkyl halides is 3. The zero-order valence-corrected chi connectivity index (χ0v) is 10.3. The highest BCUT2D eigenvalue weighted by Gasteiger charge is 2.27. The minimum absolute atomic E-state index is 0.0199. The lowest BCUT2D eigenvalue weighted by atomic mass is 10.4. The Labute approximate surface area is 98.8 Å². The molecule has 0 aliphatic rings. The summed E-state index contributed by atoms with van der Waals surface area (Å²) in [7, 11) is -3.18. The molecule has 0 rings (SSSR count). The number of hydrogen-bond donors (Lipinski definition) is 2. The topological polar surface area (TPSA) is 67.4 Å². The van der Waals surface area contributed by atoms with Crippen LogP contribution in [0.5, 0.6) is 0 Å². The Hall–Kier alpha value is -0.380. The maximum Gasteiger partial charge on any atom is 0.411 e. The minimum Gasteiger partial charge on any atom is -0.372 e. The third kappa shape index (κ3) is 15.6. The number of hydrogen-bond acceptors (Lipinski definition) is 4. The quantitative estimate of drug-likeness (QED) is 0.587. The molecule has 0 atom stereocenters. The van der Waals surface area contributed by atoms with Gasteiger partial charge in [-0.3, -0.25) is 0 Å². The standard InChI is InChI=1S/C8H17F3N2O3S/c1-17(14,15)13-5-4-12-3-2-6-16-7-8(9,10)11/h12-13H,2-7H2,1H3. The van der Waals surface area contributed by atoms with E-state index in [4.69, 9.17) is 0 Å². The Balaban J connectivity index is 3.20. The molecule has 17 heavy (non-hydrogen) atoms. The molecule has 104 valence electrons. The van der Waals surface area contributed by atoms with Crippen molar-refractivity contribution < 1.29 is 26.3 Å². The molecule has 0 aliphatic heterocycles. The highest BCUT2D eigenvalue weighted by Crippen LogP contribution is 2.14. The molecule has 0 saturated carbocycles. The summed E-state index contributed by atoms with van der Waals surface area (Å²) in [5.41, 5.74) is 0. The van der Waals surface area contributed by atoms with Crippen LogP contribution in [-0.4, -0.2) is 53.7 Å². The number of nitrogens with one attached hydrogen (secondary N) is 2. The first-order valence-corrected chi connectivity index (χ1v) is 6.90. The van der Waals surface area contributed by atoms with Crippen LogP contribution in [0.25, 0.3) is 0 Å². The van der Waals surface area contributed by atoms with Gasteiger partial charge < -0.3 is 10.1 Å². The van der Waals surface area contributed by atoms with Gasteiger partial charge in [0.15, 0.2) is 0 Å². The van der Waals surface area contributed by atoms with Gasteiger partial charge in [0.05, 0.1) is 6.26 Å². The van der Waals surface area contributed by atoms with Crippen molar-refractivity contribution in [2.75, 3.05) is 39.1 Å². The monoisotopic (exact) mass is 278 g/mol. The number of ether oxygens (including phenoxy) is 1. The zero-order chi connectivity index (χ0) is 13.4. The Kier molecular flexibility index (Phi) is 7.68.